The number of aryl methyl sites for hydroxylation is 2. The molecule has 6 aromatic rings. The van der Waals surface area contributed by atoms with Gasteiger partial charge in [-0.3, -0.25) is 0 Å². The van der Waals surface area contributed by atoms with Gasteiger partial charge in [-0.25, -0.2) is 8.97 Å². The highest BCUT2D eigenvalue weighted by molar-refractivity contribution is 6.11. The van der Waals surface area contributed by atoms with Crippen molar-refractivity contribution in [2.24, 2.45) is 0 Å². The van der Waals surface area contributed by atoms with Gasteiger partial charge in [0, 0.05) is 42.6 Å². The summed E-state index contributed by atoms with van der Waals surface area (Å²) in [5.41, 5.74) is 7.60. The molecule has 6 rings (SSSR count). The third kappa shape index (κ3) is 3.52. The number of benzene rings is 3. The average molecular weight is 446 g/mol. The molecule has 0 fully saturated rings. The number of imidazole rings is 1. The Labute approximate surface area is 199 Å². The van der Waals surface area contributed by atoms with Crippen LogP contribution in [0.4, 0.5) is 5.69 Å². The summed E-state index contributed by atoms with van der Waals surface area (Å²) < 4.78 is 6.98. The minimum atomic E-state index is 0.987. The number of rotatable bonds is 6. The number of para-hydroxylation sites is 1. The first-order valence-corrected chi connectivity index (χ1v) is 11.9. The Bertz CT molecular complexity index is 1590. The van der Waals surface area contributed by atoms with E-state index in [1.807, 2.05) is 0 Å². The van der Waals surface area contributed by atoms with Crippen molar-refractivity contribution >= 4 is 33.0 Å². The van der Waals surface area contributed by atoms with Gasteiger partial charge in [-0.2, -0.15) is 0 Å². The number of hydrogen-bond donors (Lipinski definition) is 0. The predicted octanol–water partition coefficient (Wildman–Crippen LogP) is 6.02. The number of fused-ring (bicyclic) bond motifs is 5. The van der Waals surface area contributed by atoms with E-state index in [0.29, 0.717) is 0 Å². The molecule has 0 spiro atoms. The van der Waals surface area contributed by atoms with Gasteiger partial charge in [0.1, 0.15) is 17.4 Å². The molecule has 0 radical (unpaired) electrons. The SMILES string of the molecule is CN(C)c1ccc(-n2cc3c4c(cc[n+]3c2)c2ccccc2n4CCCc2ccccc2)cc1. The van der Waals surface area contributed by atoms with Crippen molar-refractivity contribution in [1.29, 1.82) is 0 Å². The lowest BCUT2D eigenvalue weighted by Crippen LogP contribution is -2.18. The second-order valence-electron chi connectivity index (χ2n) is 9.19. The van der Waals surface area contributed by atoms with Crippen molar-refractivity contribution in [2.45, 2.75) is 19.4 Å². The molecular formula is C30H29N4+. The van der Waals surface area contributed by atoms with Gasteiger partial charge in [0.15, 0.2) is 5.52 Å². The normalized spacial score (nSPS) is 11.6. The summed E-state index contributed by atoms with van der Waals surface area (Å²) in [5, 5.41) is 2.64. The third-order valence-corrected chi connectivity index (χ3v) is 6.80. The van der Waals surface area contributed by atoms with Crippen LogP contribution < -0.4 is 9.30 Å². The molecule has 168 valence electrons. The summed E-state index contributed by atoms with van der Waals surface area (Å²) in [6.45, 7) is 0.987. The molecule has 34 heavy (non-hydrogen) atoms. The van der Waals surface area contributed by atoms with Gasteiger partial charge in [-0.15, -0.1) is 0 Å². The topological polar surface area (TPSA) is 17.2 Å². The van der Waals surface area contributed by atoms with Gasteiger partial charge in [-0.05, 0) is 54.8 Å². The van der Waals surface area contributed by atoms with Gasteiger partial charge >= 0.3 is 0 Å². The van der Waals surface area contributed by atoms with Gasteiger partial charge in [0.2, 0.25) is 0 Å². The minimum absolute atomic E-state index is 0.987. The Morgan fingerprint density at radius 3 is 2.35 bits per heavy atom. The molecular weight excluding hydrogens is 416 g/mol. The Morgan fingerprint density at radius 1 is 0.794 bits per heavy atom. The molecule has 4 heteroatoms. The fourth-order valence-electron chi connectivity index (χ4n) is 5.04. The molecule has 3 aromatic heterocycles. The van der Waals surface area contributed by atoms with Gasteiger partial charge in [0.25, 0.3) is 6.33 Å². The van der Waals surface area contributed by atoms with E-state index in [1.54, 1.807) is 0 Å². The van der Waals surface area contributed by atoms with E-state index >= 15 is 0 Å². The van der Waals surface area contributed by atoms with E-state index < -0.39 is 0 Å². The number of aromatic nitrogens is 3. The molecule has 0 atom stereocenters. The molecule has 0 aliphatic carbocycles. The fraction of sp³-hybridized carbons (Fsp3) is 0.167. The van der Waals surface area contributed by atoms with Crippen LogP contribution in [-0.4, -0.2) is 23.2 Å². The molecule has 0 saturated heterocycles. The van der Waals surface area contributed by atoms with Crippen LogP contribution in [0.5, 0.6) is 0 Å². The quantitative estimate of drug-likeness (QED) is 0.287. The zero-order chi connectivity index (χ0) is 23.1. The minimum Gasteiger partial charge on any atom is -0.378 e. The highest BCUT2D eigenvalue weighted by atomic mass is 15.1. The van der Waals surface area contributed by atoms with Crippen LogP contribution in [0.2, 0.25) is 0 Å². The maximum atomic E-state index is 2.52. The first-order valence-electron chi connectivity index (χ1n) is 11.9. The Hall–Kier alpha value is -4.05. The van der Waals surface area contributed by atoms with E-state index in [4.69, 9.17) is 0 Å². The van der Waals surface area contributed by atoms with Crippen molar-refractivity contribution in [3.8, 4) is 5.69 Å². The van der Waals surface area contributed by atoms with Gasteiger partial charge in [-0.1, -0.05) is 48.5 Å². The molecule has 0 N–H and O–H groups in total. The number of nitrogens with zero attached hydrogens (tertiary/aromatic N) is 4. The number of anilines is 1. The highest BCUT2D eigenvalue weighted by Crippen LogP contribution is 2.31. The molecule has 0 amide bonds. The summed E-state index contributed by atoms with van der Waals surface area (Å²) in [6, 6.07) is 30.5. The Kier molecular flexibility index (Phi) is 5.06. The molecule has 0 aliphatic heterocycles. The Balaban J connectivity index is 1.46. The molecule has 3 heterocycles. The van der Waals surface area contributed by atoms with Crippen molar-refractivity contribution in [3.63, 3.8) is 0 Å². The average Bonchev–Trinajstić information content (AvgIpc) is 3.44. The maximum Gasteiger partial charge on any atom is 0.254 e. The molecule has 0 saturated carbocycles. The van der Waals surface area contributed by atoms with Crippen LogP contribution >= 0.6 is 0 Å². The zero-order valence-electron chi connectivity index (χ0n) is 19.7. The monoisotopic (exact) mass is 445 g/mol. The van der Waals surface area contributed by atoms with Crippen LogP contribution in [0.15, 0.2) is 104 Å². The van der Waals surface area contributed by atoms with E-state index in [9.17, 15) is 0 Å². The van der Waals surface area contributed by atoms with E-state index in [0.717, 1.165) is 25.1 Å². The summed E-state index contributed by atoms with van der Waals surface area (Å²) in [6.07, 6.45) is 8.80. The summed E-state index contributed by atoms with van der Waals surface area (Å²) in [7, 11) is 4.14. The second kappa shape index (κ2) is 8.38. The van der Waals surface area contributed by atoms with Crippen LogP contribution in [0, 0.1) is 0 Å². The van der Waals surface area contributed by atoms with Gasteiger partial charge in [0.05, 0.1) is 6.20 Å². The first-order chi connectivity index (χ1) is 16.7. The van der Waals surface area contributed by atoms with Gasteiger partial charge < -0.3 is 9.47 Å². The van der Waals surface area contributed by atoms with Crippen molar-refractivity contribution < 1.29 is 4.40 Å². The maximum absolute atomic E-state index is 2.52. The van der Waals surface area contributed by atoms with Crippen molar-refractivity contribution in [2.75, 3.05) is 19.0 Å². The lowest BCUT2D eigenvalue weighted by molar-refractivity contribution is -0.510. The summed E-state index contributed by atoms with van der Waals surface area (Å²) in [4.78, 5) is 2.13. The smallest absolute Gasteiger partial charge is 0.254 e. The zero-order valence-corrected chi connectivity index (χ0v) is 19.7. The van der Waals surface area contributed by atoms with E-state index in [1.165, 1.54) is 38.6 Å². The lowest BCUT2D eigenvalue weighted by atomic mass is 10.1. The molecule has 0 bridgehead atoms. The third-order valence-electron chi connectivity index (χ3n) is 6.80. The summed E-state index contributed by atoms with van der Waals surface area (Å²) in [5.74, 6) is 0. The van der Waals surface area contributed by atoms with Crippen molar-refractivity contribution in [1.82, 2.24) is 9.13 Å². The predicted molar refractivity (Wildman–Crippen MR) is 141 cm³/mol. The number of hydrogen-bond acceptors (Lipinski definition) is 1. The fourth-order valence-corrected chi connectivity index (χ4v) is 5.04. The molecule has 0 unspecified atom stereocenters. The largest absolute Gasteiger partial charge is 0.378 e. The standard InChI is InChI=1S/C30H29N4/c1-31(2)24-14-16-25(17-15-24)33-21-29-30-27(18-20-32(29)22-33)26-12-6-7-13-28(26)34(30)19-8-11-23-9-4-3-5-10-23/h3-7,9-10,12-18,20-22H,8,11,19H2,1-2H3/q+1. The summed E-state index contributed by atoms with van der Waals surface area (Å²) >= 11 is 0. The number of pyridine rings is 1. The molecule has 4 nitrogen and oxygen atoms in total. The van der Waals surface area contributed by atoms with Crippen LogP contribution in [-0.2, 0) is 13.0 Å². The molecule has 0 aliphatic rings. The highest BCUT2D eigenvalue weighted by Gasteiger charge is 2.19. The molecule has 3 aromatic carbocycles. The van der Waals surface area contributed by atoms with E-state index in [2.05, 4.69) is 136 Å². The van der Waals surface area contributed by atoms with Crippen LogP contribution in [0.25, 0.3) is 33.0 Å². The van der Waals surface area contributed by atoms with E-state index in [-0.39, 0.29) is 0 Å². The second-order valence-corrected chi connectivity index (χ2v) is 9.19. The Morgan fingerprint density at radius 2 is 1.56 bits per heavy atom. The lowest BCUT2D eigenvalue weighted by Gasteiger charge is -2.11. The van der Waals surface area contributed by atoms with Crippen LogP contribution in [0.3, 0.4) is 0 Å². The van der Waals surface area contributed by atoms with Crippen molar-refractivity contribution in [3.05, 3.63) is 109 Å². The first kappa shape index (κ1) is 20.5. The van der Waals surface area contributed by atoms with Crippen LogP contribution in [0.1, 0.15) is 12.0 Å².